The normalized spacial score (nSPS) is 12.7. The summed E-state index contributed by atoms with van der Waals surface area (Å²) in [5, 5.41) is 0. The zero-order valence-electron chi connectivity index (χ0n) is 12.5. The minimum atomic E-state index is -4.99. The molecule has 0 aliphatic heterocycles. The third-order valence-electron chi connectivity index (χ3n) is 3.56. The van der Waals surface area contributed by atoms with E-state index in [0.717, 1.165) is 10.8 Å². The van der Waals surface area contributed by atoms with Gasteiger partial charge in [0.15, 0.2) is 11.1 Å². The summed E-state index contributed by atoms with van der Waals surface area (Å²) in [7, 11) is 0. The van der Waals surface area contributed by atoms with Crippen LogP contribution >= 0.6 is 0 Å². The predicted molar refractivity (Wildman–Crippen MR) is 76.6 cm³/mol. The van der Waals surface area contributed by atoms with Gasteiger partial charge in [-0.1, -0.05) is 0 Å². The Morgan fingerprint density at radius 1 is 0.962 bits per heavy atom. The molecule has 0 fully saturated rings. The van der Waals surface area contributed by atoms with E-state index >= 15 is 0 Å². The van der Waals surface area contributed by atoms with Crippen molar-refractivity contribution >= 4 is 11.1 Å². The second-order valence-electron chi connectivity index (χ2n) is 5.42. The van der Waals surface area contributed by atoms with Gasteiger partial charge in [-0.2, -0.15) is 26.3 Å². The first kappa shape index (κ1) is 17.8. The Labute approximate surface area is 139 Å². The maximum Gasteiger partial charge on any atom is 0.417 e. The number of hydrogen-bond donors (Lipinski definition) is 1. The standard InChI is InChI=1S/C15H8F6N2O3/c16-14(17,18)8-3-7(4-9(5-8)15(19,20)21)6-23-2-1-10-11(12(23)24)22-13(25)26-10/h1-5H,6H2,(H,22,25). The van der Waals surface area contributed by atoms with Crippen molar-refractivity contribution in [2.75, 3.05) is 0 Å². The molecule has 2 heterocycles. The van der Waals surface area contributed by atoms with Crippen LogP contribution < -0.4 is 11.3 Å². The van der Waals surface area contributed by atoms with Gasteiger partial charge in [-0.05, 0) is 29.8 Å². The maximum absolute atomic E-state index is 12.9. The Balaban J connectivity index is 2.11. The molecule has 3 aromatic rings. The second-order valence-corrected chi connectivity index (χ2v) is 5.42. The molecule has 2 aromatic heterocycles. The quantitative estimate of drug-likeness (QED) is 0.696. The van der Waals surface area contributed by atoms with E-state index in [4.69, 9.17) is 0 Å². The molecule has 0 bridgehead atoms. The molecule has 3 rings (SSSR count). The summed E-state index contributed by atoms with van der Waals surface area (Å²) in [6.07, 6.45) is -8.86. The highest BCUT2D eigenvalue weighted by Crippen LogP contribution is 2.36. The first-order valence-electron chi connectivity index (χ1n) is 6.96. The summed E-state index contributed by atoms with van der Waals surface area (Å²) in [5.41, 5.74) is -4.46. The van der Waals surface area contributed by atoms with E-state index in [2.05, 4.69) is 9.40 Å². The molecule has 0 unspecified atom stereocenters. The van der Waals surface area contributed by atoms with Gasteiger partial charge >= 0.3 is 18.1 Å². The summed E-state index contributed by atoms with van der Waals surface area (Å²) in [5.74, 6) is -0.909. The molecule has 5 nitrogen and oxygen atoms in total. The van der Waals surface area contributed by atoms with Crippen molar-refractivity contribution in [3.63, 3.8) is 0 Å². The molecule has 0 radical (unpaired) electrons. The summed E-state index contributed by atoms with van der Waals surface area (Å²) < 4.78 is 82.8. The lowest BCUT2D eigenvalue weighted by Gasteiger charge is -2.14. The Morgan fingerprint density at radius 3 is 2.08 bits per heavy atom. The van der Waals surface area contributed by atoms with Gasteiger partial charge in [0.05, 0.1) is 17.7 Å². The summed E-state index contributed by atoms with van der Waals surface area (Å²) in [6.45, 7) is -0.561. The molecule has 11 heteroatoms. The van der Waals surface area contributed by atoms with Crippen LogP contribution in [0.25, 0.3) is 11.1 Å². The van der Waals surface area contributed by atoms with Crippen molar-refractivity contribution in [2.24, 2.45) is 0 Å². The van der Waals surface area contributed by atoms with Gasteiger partial charge in [0, 0.05) is 6.20 Å². The fourth-order valence-electron chi connectivity index (χ4n) is 2.42. The van der Waals surface area contributed by atoms with Crippen LogP contribution in [0.4, 0.5) is 26.3 Å². The number of nitrogens with zero attached hydrogens (tertiary/aromatic N) is 1. The minimum Gasteiger partial charge on any atom is -0.408 e. The number of H-pyrrole nitrogens is 1. The van der Waals surface area contributed by atoms with Gasteiger partial charge < -0.3 is 8.98 Å². The van der Waals surface area contributed by atoms with E-state index in [9.17, 15) is 35.9 Å². The van der Waals surface area contributed by atoms with Crippen molar-refractivity contribution in [2.45, 2.75) is 18.9 Å². The largest absolute Gasteiger partial charge is 0.417 e. The van der Waals surface area contributed by atoms with Crippen LogP contribution in [0.15, 0.2) is 44.5 Å². The molecule has 0 aliphatic rings. The topological polar surface area (TPSA) is 68.0 Å². The van der Waals surface area contributed by atoms with Gasteiger partial charge in [-0.3, -0.25) is 9.78 Å². The smallest absolute Gasteiger partial charge is 0.408 e. The van der Waals surface area contributed by atoms with E-state index in [1.807, 2.05) is 0 Å². The number of pyridine rings is 1. The molecule has 0 atom stereocenters. The van der Waals surface area contributed by atoms with Crippen molar-refractivity contribution in [1.82, 2.24) is 9.55 Å². The van der Waals surface area contributed by atoms with Gasteiger partial charge in [0.2, 0.25) is 0 Å². The average Bonchev–Trinajstić information content (AvgIpc) is 2.89. The Kier molecular flexibility index (Phi) is 3.97. The van der Waals surface area contributed by atoms with Crippen LogP contribution in [-0.2, 0) is 18.9 Å². The van der Waals surface area contributed by atoms with Crippen LogP contribution in [0.3, 0.4) is 0 Å². The molecule has 1 N–H and O–H groups in total. The van der Waals surface area contributed by atoms with Crippen LogP contribution in [0.1, 0.15) is 16.7 Å². The van der Waals surface area contributed by atoms with Crippen molar-refractivity contribution in [3.8, 4) is 0 Å². The lowest BCUT2D eigenvalue weighted by molar-refractivity contribution is -0.143. The third-order valence-corrected chi connectivity index (χ3v) is 3.56. The fourth-order valence-corrected chi connectivity index (χ4v) is 2.42. The highest BCUT2D eigenvalue weighted by Gasteiger charge is 2.36. The number of aromatic nitrogens is 2. The van der Waals surface area contributed by atoms with E-state index in [1.54, 1.807) is 0 Å². The average molecular weight is 378 g/mol. The molecule has 0 saturated carbocycles. The number of halogens is 6. The Hall–Kier alpha value is -2.98. The number of benzene rings is 1. The first-order chi connectivity index (χ1) is 11.9. The number of hydrogen-bond acceptors (Lipinski definition) is 3. The van der Waals surface area contributed by atoms with Crippen molar-refractivity contribution in [3.05, 3.63) is 68.1 Å². The number of fused-ring (bicyclic) bond motifs is 1. The molecular formula is C15H8F6N2O3. The Bertz CT molecular complexity index is 1060. The predicted octanol–water partition coefficient (Wildman–Crippen LogP) is 3.37. The molecule has 0 saturated heterocycles. The zero-order chi connectivity index (χ0) is 19.3. The lowest BCUT2D eigenvalue weighted by atomic mass is 10.0. The van der Waals surface area contributed by atoms with Gasteiger partial charge in [0.1, 0.15) is 0 Å². The van der Waals surface area contributed by atoms with Crippen LogP contribution in [-0.4, -0.2) is 9.55 Å². The number of alkyl halides is 6. The molecule has 0 aliphatic carbocycles. The fraction of sp³-hybridized carbons (Fsp3) is 0.200. The Morgan fingerprint density at radius 2 is 1.54 bits per heavy atom. The minimum absolute atomic E-state index is 0.00301. The highest BCUT2D eigenvalue weighted by molar-refractivity contribution is 5.70. The second kappa shape index (κ2) is 5.78. The number of aromatic amines is 1. The number of nitrogens with one attached hydrogen (secondary N) is 1. The van der Waals surface area contributed by atoms with Crippen molar-refractivity contribution < 1.29 is 30.8 Å². The summed E-state index contributed by atoms with van der Waals surface area (Å²) in [4.78, 5) is 25.4. The van der Waals surface area contributed by atoms with E-state index in [-0.39, 0.29) is 22.7 Å². The lowest BCUT2D eigenvalue weighted by Crippen LogP contribution is -2.21. The zero-order valence-corrected chi connectivity index (χ0v) is 12.5. The molecule has 138 valence electrons. The van der Waals surface area contributed by atoms with E-state index in [1.165, 1.54) is 6.07 Å². The molecule has 26 heavy (non-hydrogen) atoms. The molecular weight excluding hydrogens is 370 g/mol. The number of rotatable bonds is 2. The van der Waals surface area contributed by atoms with Crippen LogP contribution in [0.5, 0.6) is 0 Å². The van der Waals surface area contributed by atoms with Crippen LogP contribution in [0, 0.1) is 0 Å². The summed E-state index contributed by atoms with van der Waals surface area (Å²) in [6, 6.07) is 2.27. The molecule has 0 spiro atoms. The maximum atomic E-state index is 12.9. The SMILES string of the molecule is O=c1[nH]c2c(=O)n(Cc3cc(C(F)(F)F)cc(C(F)(F)F)c3)ccc2o1. The van der Waals surface area contributed by atoms with Gasteiger partial charge in [0.25, 0.3) is 5.56 Å². The first-order valence-corrected chi connectivity index (χ1v) is 6.96. The molecule has 1 aromatic carbocycles. The summed E-state index contributed by atoms with van der Waals surface area (Å²) >= 11 is 0. The van der Waals surface area contributed by atoms with Gasteiger partial charge in [-0.25, -0.2) is 4.79 Å². The van der Waals surface area contributed by atoms with Crippen molar-refractivity contribution in [1.29, 1.82) is 0 Å². The van der Waals surface area contributed by atoms with Crippen LogP contribution in [0.2, 0.25) is 0 Å². The third kappa shape index (κ3) is 3.37. The monoisotopic (exact) mass is 378 g/mol. The van der Waals surface area contributed by atoms with E-state index < -0.39 is 41.3 Å². The number of oxazole rings is 1. The highest BCUT2D eigenvalue weighted by atomic mass is 19.4. The van der Waals surface area contributed by atoms with E-state index in [0.29, 0.717) is 12.1 Å². The molecule has 0 amide bonds. The van der Waals surface area contributed by atoms with Gasteiger partial charge in [-0.15, -0.1) is 0 Å².